The predicted molar refractivity (Wildman–Crippen MR) is 88.6 cm³/mol. The van der Waals surface area contributed by atoms with E-state index in [4.69, 9.17) is 0 Å². The Labute approximate surface area is 139 Å². The van der Waals surface area contributed by atoms with Crippen molar-refractivity contribution in [3.8, 4) is 6.07 Å². The number of rotatable bonds is 2. The van der Waals surface area contributed by atoms with Crippen molar-refractivity contribution in [2.75, 3.05) is 0 Å². The molecule has 0 bridgehead atoms. The summed E-state index contributed by atoms with van der Waals surface area (Å²) in [4.78, 5) is 4.51. The largest absolute Gasteiger partial charge is 0.323 e. The lowest BCUT2D eigenvalue weighted by molar-refractivity contribution is 0.509. The fraction of sp³-hybridized carbons (Fsp3) is 0.263. The van der Waals surface area contributed by atoms with E-state index < -0.39 is 11.6 Å². The molecule has 0 N–H and O–H groups in total. The van der Waals surface area contributed by atoms with E-state index in [0.29, 0.717) is 23.1 Å². The number of fused-ring (bicyclic) bond motifs is 1. The van der Waals surface area contributed by atoms with Crippen LogP contribution in [0.15, 0.2) is 36.4 Å². The molecule has 5 heteroatoms. The van der Waals surface area contributed by atoms with E-state index >= 15 is 0 Å². The van der Waals surface area contributed by atoms with Crippen molar-refractivity contribution in [1.29, 1.82) is 5.26 Å². The Morgan fingerprint density at radius 2 is 1.79 bits per heavy atom. The molecule has 1 aromatic heterocycles. The molecule has 3 nitrogen and oxygen atoms in total. The summed E-state index contributed by atoms with van der Waals surface area (Å²) in [7, 11) is 0. The van der Waals surface area contributed by atoms with Crippen LogP contribution in [0.2, 0.25) is 0 Å². The van der Waals surface area contributed by atoms with Gasteiger partial charge in [-0.15, -0.1) is 0 Å². The molecule has 0 aliphatic carbocycles. The third-order valence-corrected chi connectivity index (χ3v) is 3.93. The maximum Gasteiger partial charge on any atom is 0.161 e. The van der Waals surface area contributed by atoms with Gasteiger partial charge in [-0.25, -0.2) is 13.8 Å². The number of imidazole rings is 1. The minimum atomic E-state index is -0.912. The van der Waals surface area contributed by atoms with Crippen LogP contribution in [-0.2, 0) is 12.0 Å². The highest BCUT2D eigenvalue weighted by atomic mass is 19.2. The molecule has 3 rings (SSSR count). The third kappa shape index (κ3) is 2.76. The van der Waals surface area contributed by atoms with Gasteiger partial charge in [0.2, 0.25) is 0 Å². The highest BCUT2D eigenvalue weighted by Gasteiger charge is 2.24. The monoisotopic (exact) mass is 325 g/mol. The first-order valence-electron chi connectivity index (χ1n) is 7.65. The second-order valence-electron chi connectivity index (χ2n) is 6.80. The van der Waals surface area contributed by atoms with Crippen molar-refractivity contribution >= 4 is 11.0 Å². The van der Waals surface area contributed by atoms with E-state index in [-0.39, 0.29) is 5.41 Å². The van der Waals surface area contributed by atoms with Crippen molar-refractivity contribution < 1.29 is 8.78 Å². The Bertz CT molecular complexity index is 959. The molecule has 0 aliphatic rings. The number of halogens is 2. The van der Waals surface area contributed by atoms with Crippen LogP contribution < -0.4 is 0 Å². The summed E-state index contributed by atoms with van der Waals surface area (Å²) in [5.74, 6) is -1.10. The van der Waals surface area contributed by atoms with Crippen molar-refractivity contribution in [3.63, 3.8) is 0 Å². The zero-order chi connectivity index (χ0) is 17.5. The van der Waals surface area contributed by atoms with E-state index in [1.54, 1.807) is 12.1 Å². The average molecular weight is 325 g/mol. The van der Waals surface area contributed by atoms with Gasteiger partial charge in [0.1, 0.15) is 5.82 Å². The lowest BCUT2D eigenvalue weighted by Crippen LogP contribution is -2.19. The highest BCUT2D eigenvalue weighted by molar-refractivity contribution is 5.76. The van der Waals surface area contributed by atoms with Crippen molar-refractivity contribution in [1.82, 2.24) is 9.55 Å². The first-order chi connectivity index (χ1) is 11.3. The summed E-state index contributed by atoms with van der Waals surface area (Å²) in [5, 5.41) is 9.29. The molecule has 0 fully saturated rings. The predicted octanol–water partition coefficient (Wildman–Crippen LogP) is 4.53. The fourth-order valence-electron chi connectivity index (χ4n) is 2.79. The summed E-state index contributed by atoms with van der Waals surface area (Å²) < 4.78 is 29.2. The van der Waals surface area contributed by atoms with Crippen LogP contribution in [0.25, 0.3) is 11.0 Å². The lowest BCUT2D eigenvalue weighted by atomic mass is 9.95. The second kappa shape index (κ2) is 5.72. The van der Waals surface area contributed by atoms with Gasteiger partial charge in [0, 0.05) is 17.5 Å². The first-order valence-corrected chi connectivity index (χ1v) is 7.65. The van der Waals surface area contributed by atoms with E-state index in [1.165, 1.54) is 6.07 Å². The van der Waals surface area contributed by atoms with E-state index in [1.807, 2.05) is 37.5 Å². The molecule has 0 spiro atoms. The summed E-state index contributed by atoms with van der Waals surface area (Å²) in [6, 6.07) is 11.7. The number of hydrogen-bond acceptors (Lipinski definition) is 2. The maximum absolute atomic E-state index is 13.8. The zero-order valence-electron chi connectivity index (χ0n) is 13.8. The van der Waals surface area contributed by atoms with Crippen LogP contribution in [0.5, 0.6) is 0 Å². The molecule has 0 amide bonds. The molecule has 0 aliphatic heterocycles. The molecule has 0 unspecified atom stereocenters. The fourth-order valence-corrected chi connectivity index (χ4v) is 2.79. The van der Waals surface area contributed by atoms with Crippen LogP contribution in [0.4, 0.5) is 8.78 Å². The van der Waals surface area contributed by atoms with E-state index in [2.05, 4.69) is 11.1 Å². The molecule has 122 valence electrons. The molecule has 1 heterocycles. The lowest BCUT2D eigenvalue weighted by Gasteiger charge is -2.20. The maximum atomic E-state index is 13.8. The number of nitrogens with zero attached hydrogens (tertiary/aromatic N) is 3. The van der Waals surface area contributed by atoms with Crippen LogP contribution in [0.3, 0.4) is 0 Å². The van der Waals surface area contributed by atoms with Crippen molar-refractivity contribution in [2.45, 2.75) is 32.7 Å². The van der Waals surface area contributed by atoms with Gasteiger partial charge in [0.05, 0.1) is 29.2 Å². The van der Waals surface area contributed by atoms with Gasteiger partial charge in [-0.05, 0) is 11.6 Å². The Morgan fingerprint density at radius 3 is 2.46 bits per heavy atom. The minimum Gasteiger partial charge on any atom is -0.323 e. The molecule has 0 saturated heterocycles. The van der Waals surface area contributed by atoms with Crippen LogP contribution >= 0.6 is 0 Å². The van der Waals surface area contributed by atoms with E-state index in [0.717, 1.165) is 17.5 Å². The second-order valence-corrected chi connectivity index (χ2v) is 6.80. The quantitative estimate of drug-likeness (QED) is 0.694. The summed E-state index contributed by atoms with van der Waals surface area (Å²) in [6.45, 7) is 6.35. The molecule has 0 atom stereocenters. The van der Waals surface area contributed by atoms with Crippen molar-refractivity contribution in [2.24, 2.45) is 0 Å². The summed E-state index contributed by atoms with van der Waals surface area (Å²) >= 11 is 0. The van der Waals surface area contributed by atoms with Crippen molar-refractivity contribution in [3.05, 3.63) is 65.0 Å². The molecule has 0 saturated carbocycles. The van der Waals surface area contributed by atoms with Gasteiger partial charge < -0.3 is 4.57 Å². The van der Waals surface area contributed by atoms with Gasteiger partial charge >= 0.3 is 0 Å². The molecular weight excluding hydrogens is 308 g/mol. The van der Waals surface area contributed by atoms with Gasteiger partial charge in [0.25, 0.3) is 0 Å². The average Bonchev–Trinajstić information content (AvgIpc) is 2.86. The number of hydrogen-bond donors (Lipinski definition) is 0. The SMILES string of the molecule is CC(C)(C)c1nc2cc(F)c(F)cc2n1Cc1ccccc1C#N. The first kappa shape index (κ1) is 16.1. The van der Waals surface area contributed by atoms with Crippen LogP contribution in [0.1, 0.15) is 37.7 Å². The Balaban J connectivity index is 2.25. The number of benzene rings is 2. The highest BCUT2D eigenvalue weighted by Crippen LogP contribution is 2.29. The normalized spacial score (nSPS) is 11.7. The molecular formula is C19H17F2N3. The molecule has 24 heavy (non-hydrogen) atoms. The standard InChI is InChI=1S/C19H17F2N3/c1-19(2,3)18-23-16-8-14(20)15(21)9-17(16)24(18)11-13-7-5-4-6-12(13)10-22/h4-9H,11H2,1-3H3. The Kier molecular flexibility index (Phi) is 3.84. The molecule has 3 aromatic rings. The summed E-state index contributed by atoms with van der Waals surface area (Å²) in [6.07, 6.45) is 0. The topological polar surface area (TPSA) is 41.6 Å². The Hall–Kier alpha value is -2.74. The van der Waals surface area contributed by atoms with E-state index in [9.17, 15) is 14.0 Å². The molecule has 0 radical (unpaired) electrons. The van der Waals surface area contributed by atoms with Gasteiger partial charge in [-0.2, -0.15) is 5.26 Å². The zero-order valence-corrected chi connectivity index (χ0v) is 13.8. The number of nitriles is 1. The smallest absolute Gasteiger partial charge is 0.161 e. The number of aromatic nitrogens is 2. The van der Waals surface area contributed by atoms with Crippen LogP contribution in [-0.4, -0.2) is 9.55 Å². The van der Waals surface area contributed by atoms with Gasteiger partial charge in [-0.1, -0.05) is 39.0 Å². The van der Waals surface area contributed by atoms with Gasteiger partial charge in [0.15, 0.2) is 11.6 Å². The van der Waals surface area contributed by atoms with Gasteiger partial charge in [-0.3, -0.25) is 0 Å². The third-order valence-electron chi connectivity index (χ3n) is 3.93. The Morgan fingerprint density at radius 1 is 1.12 bits per heavy atom. The molecule has 2 aromatic carbocycles. The van der Waals surface area contributed by atoms with Crippen LogP contribution in [0, 0.1) is 23.0 Å². The summed E-state index contributed by atoms with van der Waals surface area (Å²) in [5.41, 5.74) is 1.99. The minimum absolute atomic E-state index is 0.312.